The highest BCUT2D eigenvalue weighted by atomic mass is 32.2. The molecule has 46 heavy (non-hydrogen) atoms. The van der Waals surface area contributed by atoms with Crippen LogP contribution in [0.15, 0.2) is 29.2 Å². The lowest BCUT2D eigenvalue weighted by Crippen LogP contribution is -2.62. The van der Waals surface area contributed by atoms with Crippen LogP contribution in [0.4, 0.5) is 4.79 Å². The lowest BCUT2D eigenvalue weighted by atomic mass is 9.41. The third-order valence-corrected chi connectivity index (χ3v) is 15.9. The van der Waals surface area contributed by atoms with Crippen LogP contribution in [0.25, 0.3) is 0 Å². The Morgan fingerprint density at radius 3 is 2.28 bits per heavy atom. The molecular weight excluding hydrogens is 596 g/mol. The summed E-state index contributed by atoms with van der Waals surface area (Å²) in [4.78, 5) is 12.8. The fraction of sp³-hybridized carbons (Fsp3) is 0.816. The molecular formula is C38H60N2O5S. The van der Waals surface area contributed by atoms with Crippen molar-refractivity contribution in [1.82, 2.24) is 10.0 Å². The van der Waals surface area contributed by atoms with Crippen LogP contribution < -0.4 is 10.0 Å². The number of benzene rings is 1. The molecule has 7 nitrogen and oxygen atoms in total. The highest BCUT2D eigenvalue weighted by molar-refractivity contribution is 7.90. The first-order chi connectivity index (χ1) is 21.9. The third-order valence-electron chi connectivity index (χ3n) is 14.5. The predicted molar refractivity (Wildman–Crippen MR) is 182 cm³/mol. The fourth-order valence-corrected chi connectivity index (χ4v) is 13.0. The lowest BCUT2D eigenvalue weighted by molar-refractivity contribution is -0.203. The zero-order valence-corrected chi connectivity index (χ0v) is 29.5. The van der Waals surface area contributed by atoms with Gasteiger partial charge in [0.1, 0.15) is 0 Å². The number of carbonyl (C=O) groups excluding carboxylic acids is 1. The van der Waals surface area contributed by atoms with Gasteiger partial charge in [-0.25, -0.2) is 17.9 Å². The Kier molecular flexibility index (Phi) is 9.93. The lowest BCUT2D eigenvalue weighted by Gasteiger charge is -2.64. The number of aliphatic hydroxyl groups excluding tert-OH is 2. The maximum Gasteiger partial charge on any atom is 0.328 e. The Balaban J connectivity index is 1.04. The fourth-order valence-electron chi connectivity index (χ4n) is 12.1. The van der Waals surface area contributed by atoms with Gasteiger partial charge < -0.3 is 15.5 Å². The van der Waals surface area contributed by atoms with Crippen molar-refractivity contribution in [3.8, 4) is 0 Å². The van der Waals surface area contributed by atoms with Crippen LogP contribution in [0.3, 0.4) is 0 Å². The summed E-state index contributed by atoms with van der Waals surface area (Å²) in [5.41, 5.74) is 1.54. The molecule has 0 aromatic heterocycles. The maximum absolute atomic E-state index is 12.9. The second-order valence-electron chi connectivity index (χ2n) is 16.7. The quantitative estimate of drug-likeness (QED) is 0.233. The number of hydrogen-bond acceptors (Lipinski definition) is 5. The molecule has 0 spiro atoms. The van der Waals surface area contributed by atoms with Gasteiger partial charge in [-0.05, 0) is 140 Å². The molecule has 258 valence electrons. The van der Waals surface area contributed by atoms with E-state index in [9.17, 15) is 23.4 Å². The van der Waals surface area contributed by atoms with Gasteiger partial charge in [0.05, 0.1) is 17.1 Å². The Bertz CT molecular complexity index is 1330. The molecule has 6 rings (SSSR count). The van der Waals surface area contributed by atoms with E-state index in [1.54, 1.807) is 12.1 Å². The second kappa shape index (κ2) is 13.3. The van der Waals surface area contributed by atoms with E-state index in [2.05, 4.69) is 37.7 Å². The molecule has 11 atom stereocenters. The summed E-state index contributed by atoms with van der Waals surface area (Å²) in [5.74, 6) is 3.40. The van der Waals surface area contributed by atoms with Gasteiger partial charge in [-0.3, -0.25) is 0 Å². The summed E-state index contributed by atoms with van der Waals surface area (Å²) in [5, 5.41) is 25.3. The van der Waals surface area contributed by atoms with Gasteiger partial charge in [0.15, 0.2) is 0 Å². The standard InChI is InChI=1S/C38H60N2O5S/c1-5-29-33-23-27(41)17-20-38(33,4)32-18-21-37(3)30(15-16-31(37)34(32)35(29)42)24(2)19-22-39-36(43)40-46(44,45)28-13-11-26(12-14-28)25-9-7-6-8-10-25/h11-14,24-25,27,29-35,41-42H,5-10,15-23H2,1-4H3,(H2,39,40,43)/t24-,27-,29-,30-,31+,32+,33?,34+,35-,37-,38-/m1/s1. The number of carbonyl (C=O) groups is 1. The molecule has 2 amide bonds. The Morgan fingerprint density at radius 2 is 1.59 bits per heavy atom. The topological polar surface area (TPSA) is 116 Å². The normalized spacial score (nSPS) is 40.3. The van der Waals surface area contributed by atoms with Crippen LogP contribution >= 0.6 is 0 Å². The molecule has 0 saturated heterocycles. The van der Waals surface area contributed by atoms with Crippen molar-refractivity contribution in [2.24, 2.45) is 52.3 Å². The number of fused-ring (bicyclic) bond motifs is 5. The van der Waals surface area contributed by atoms with Crippen LogP contribution in [0.1, 0.15) is 129 Å². The van der Waals surface area contributed by atoms with Crippen molar-refractivity contribution >= 4 is 16.1 Å². The van der Waals surface area contributed by atoms with E-state index < -0.39 is 16.1 Å². The highest BCUT2D eigenvalue weighted by Crippen LogP contribution is 2.69. The van der Waals surface area contributed by atoms with Crippen molar-refractivity contribution in [3.63, 3.8) is 0 Å². The molecule has 1 unspecified atom stereocenters. The minimum absolute atomic E-state index is 0.121. The van der Waals surface area contributed by atoms with Gasteiger partial charge in [0, 0.05) is 6.54 Å². The van der Waals surface area contributed by atoms with Crippen molar-refractivity contribution in [1.29, 1.82) is 0 Å². The molecule has 8 heteroatoms. The van der Waals surface area contributed by atoms with E-state index in [4.69, 9.17) is 0 Å². The van der Waals surface area contributed by atoms with Gasteiger partial charge >= 0.3 is 6.03 Å². The zero-order chi connectivity index (χ0) is 32.9. The number of urea groups is 1. The van der Waals surface area contributed by atoms with Gasteiger partial charge in [0.25, 0.3) is 10.0 Å². The number of sulfonamides is 1. The number of nitrogens with one attached hydrogen (secondary N) is 2. The second-order valence-corrected chi connectivity index (χ2v) is 18.3. The summed E-state index contributed by atoms with van der Waals surface area (Å²) < 4.78 is 28.1. The van der Waals surface area contributed by atoms with Crippen LogP contribution in [-0.2, 0) is 10.0 Å². The molecule has 1 aromatic rings. The average Bonchev–Trinajstić information content (AvgIpc) is 3.39. The van der Waals surface area contributed by atoms with Crippen LogP contribution in [0, 0.1) is 52.3 Å². The van der Waals surface area contributed by atoms with E-state index >= 15 is 0 Å². The molecule has 0 radical (unpaired) electrons. The van der Waals surface area contributed by atoms with Crippen LogP contribution in [0.2, 0.25) is 0 Å². The van der Waals surface area contributed by atoms with Gasteiger partial charge in [-0.1, -0.05) is 65.5 Å². The molecule has 0 bridgehead atoms. The number of rotatable bonds is 8. The highest BCUT2D eigenvalue weighted by Gasteiger charge is 2.64. The molecule has 5 fully saturated rings. The summed E-state index contributed by atoms with van der Waals surface area (Å²) >= 11 is 0. The summed E-state index contributed by atoms with van der Waals surface area (Å²) in [7, 11) is -3.94. The number of amides is 2. The van der Waals surface area contributed by atoms with Crippen molar-refractivity contribution in [3.05, 3.63) is 29.8 Å². The largest absolute Gasteiger partial charge is 0.393 e. The minimum Gasteiger partial charge on any atom is -0.393 e. The first-order valence-electron chi connectivity index (χ1n) is 18.7. The predicted octanol–water partition coefficient (Wildman–Crippen LogP) is 7.38. The van der Waals surface area contributed by atoms with Crippen LogP contribution in [0.5, 0.6) is 0 Å². The van der Waals surface area contributed by atoms with E-state index in [1.807, 2.05) is 12.1 Å². The molecule has 5 saturated carbocycles. The molecule has 0 aliphatic heterocycles. The SMILES string of the molecule is CC[C@@H]1C2C[C@H](O)CC[C@]2(C)[C@H]2CC[C@]3(C)[C@@H]([C@H](C)CCNC(=O)NS(=O)(=O)c4ccc(C5CCCCC5)cc4)CC[C@H]3[C@@H]2[C@@H]1O. The first-order valence-corrected chi connectivity index (χ1v) is 20.1. The van der Waals surface area contributed by atoms with Gasteiger partial charge in [-0.2, -0.15) is 0 Å². The first kappa shape index (κ1) is 34.2. The Hall–Kier alpha value is -1.64. The Morgan fingerprint density at radius 1 is 0.913 bits per heavy atom. The Labute approximate surface area is 278 Å². The third kappa shape index (κ3) is 6.17. The van der Waals surface area contributed by atoms with Crippen molar-refractivity contribution in [2.45, 2.75) is 141 Å². The molecule has 0 heterocycles. The molecule has 4 N–H and O–H groups in total. The zero-order valence-electron chi connectivity index (χ0n) is 28.7. The summed E-state index contributed by atoms with van der Waals surface area (Å²) in [6.07, 6.45) is 14.7. The number of hydrogen-bond donors (Lipinski definition) is 4. The van der Waals surface area contributed by atoms with Crippen molar-refractivity contribution in [2.75, 3.05) is 6.54 Å². The van der Waals surface area contributed by atoms with Crippen LogP contribution in [-0.4, -0.2) is 43.4 Å². The minimum atomic E-state index is -3.94. The summed E-state index contributed by atoms with van der Waals surface area (Å²) in [6, 6.07) is 6.38. The van der Waals surface area contributed by atoms with Crippen molar-refractivity contribution < 1.29 is 23.4 Å². The van der Waals surface area contributed by atoms with E-state index in [1.165, 1.54) is 31.2 Å². The smallest absolute Gasteiger partial charge is 0.328 e. The maximum atomic E-state index is 12.9. The molecule has 5 aliphatic rings. The van der Waals surface area contributed by atoms with Gasteiger partial charge in [0.2, 0.25) is 0 Å². The van der Waals surface area contributed by atoms with E-state index in [0.29, 0.717) is 48.0 Å². The average molecular weight is 657 g/mol. The monoisotopic (exact) mass is 656 g/mol. The summed E-state index contributed by atoms with van der Waals surface area (Å²) in [6.45, 7) is 9.90. The molecule has 5 aliphatic carbocycles. The van der Waals surface area contributed by atoms with E-state index in [0.717, 1.165) is 64.2 Å². The van der Waals surface area contributed by atoms with E-state index in [-0.39, 0.29) is 33.9 Å². The molecule has 1 aromatic carbocycles. The number of aliphatic hydroxyl groups is 2. The van der Waals surface area contributed by atoms with Gasteiger partial charge in [-0.15, -0.1) is 0 Å².